The largest absolute Gasteiger partial charge is 0.397 e. The minimum atomic E-state index is -2.94. The maximum absolute atomic E-state index is 11.7. The molecule has 0 saturated carbocycles. The molecule has 1 saturated heterocycles. The van der Waals surface area contributed by atoms with Crippen LogP contribution in [0, 0.1) is 13.8 Å². The van der Waals surface area contributed by atoms with Crippen molar-refractivity contribution in [1.82, 2.24) is 5.16 Å². The van der Waals surface area contributed by atoms with E-state index in [0.717, 1.165) is 34.7 Å². The van der Waals surface area contributed by atoms with Crippen LogP contribution in [0.3, 0.4) is 0 Å². The highest BCUT2D eigenvalue weighted by molar-refractivity contribution is 7.91. The van der Waals surface area contributed by atoms with Crippen molar-refractivity contribution in [3.8, 4) is 11.1 Å². The summed E-state index contributed by atoms with van der Waals surface area (Å²) in [4.78, 5) is 0. The van der Waals surface area contributed by atoms with Gasteiger partial charge >= 0.3 is 0 Å². The van der Waals surface area contributed by atoms with Gasteiger partial charge in [-0.25, -0.2) is 8.42 Å². The number of sulfone groups is 1. The first-order valence-corrected chi connectivity index (χ1v) is 9.47. The number of hydrogen-bond acceptors (Lipinski definition) is 6. The van der Waals surface area contributed by atoms with Crippen LogP contribution in [-0.2, 0) is 9.84 Å². The van der Waals surface area contributed by atoms with Gasteiger partial charge in [0.2, 0.25) is 0 Å². The molecule has 0 aliphatic carbocycles. The Morgan fingerprint density at radius 2 is 2.13 bits per heavy atom. The third kappa shape index (κ3) is 3.34. The molecule has 1 aliphatic heterocycles. The molecule has 3 rings (SSSR count). The Morgan fingerprint density at radius 3 is 2.74 bits per heavy atom. The summed E-state index contributed by atoms with van der Waals surface area (Å²) < 4.78 is 28.7. The van der Waals surface area contributed by atoms with Crippen LogP contribution < -0.4 is 11.1 Å². The Hall–Kier alpha value is -2.02. The molecular weight excluding hydrogens is 314 g/mol. The maximum atomic E-state index is 11.7. The van der Waals surface area contributed by atoms with E-state index >= 15 is 0 Å². The molecule has 1 aromatic carbocycles. The first-order chi connectivity index (χ1) is 10.9. The second kappa shape index (κ2) is 5.88. The fourth-order valence-electron chi connectivity index (χ4n) is 3.10. The van der Waals surface area contributed by atoms with E-state index in [1.807, 2.05) is 32.0 Å². The van der Waals surface area contributed by atoms with Crippen molar-refractivity contribution in [2.24, 2.45) is 0 Å². The number of anilines is 2. The minimum absolute atomic E-state index is 0.0824. The normalized spacial score (nSPS) is 20.3. The van der Waals surface area contributed by atoms with Gasteiger partial charge in [-0.3, -0.25) is 0 Å². The van der Waals surface area contributed by atoms with Crippen LogP contribution >= 0.6 is 0 Å². The van der Waals surface area contributed by atoms with Crippen LogP contribution in [0.5, 0.6) is 0 Å². The van der Waals surface area contributed by atoms with E-state index in [4.69, 9.17) is 10.3 Å². The summed E-state index contributed by atoms with van der Waals surface area (Å²) in [5, 5.41) is 7.22. The Balaban J connectivity index is 1.83. The monoisotopic (exact) mass is 335 g/mol. The molecule has 1 atom stereocenters. The predicted molar refractivity (Wildman–Crippen MR) is 91.1 cm³/mol. The molecule has 0 bridgehead atoms. The van der Waals surface area contributed by atoms with Crippen molar-refractivity contribution in [3.05, 3.63) is 29.7 Å². The average molecular weight is 335 g/mol. The molecule has 0 spiro atoms. The van der Waals surface area contributed by atoms with Gasteiger partial charge in [0.25, 0.3) is 0 Å². The molecule has 2 aromatic rings. The standard InChI is InChI=1S/C16H21N3O3S/c1-10-16(11(2)22-19-10)12-5-6-15(14(17)8-12)18-13-4-3-7-23(20,21)9-13/h5-6,8,13,18H,3-4,7,9,17H2,1-2H3. The molecule has 1 fully saturated rings. The predicted octanol–water partition coefficient (Wildman–Crippen LogP) is 2.53. The van der Waals surface area contributed by atoms with Crippen LogP contribution in [0.4, 0.5) is 11.4 Å². The molecule has 2 heterocycles. The number of hydrogen-bond donors (Lipinski definition) is 2. The summed E-state index contributed by atoms with van der Waals surface area (Å²) >= 11 is 0. The van der Waals surface area contributed by atoms with E-state index in [9.17, 15) is 8.42 Å². The first-order valence-electron chi connectivity index (χ1n) is 7.65. The number of nitrogens with two attached hydrogens (primary N) is 1. The maximum Gasteiger partial charge on any atom is 0.152 e. The Kier molecular flexibility index (Phi) is 4.06. The fraction of sp³-hybridized carbons (Fsp3) is 0.438. The summed E-state index contributed by atoms with van der Waals surface area (Å²) in [6.45, 7) is 3.76. The van der Waals surface area contributed by atoms with Gasteiger partial charge in [-0.15, -0.1) is 0 Å². The Bertz CT molecular complexity index is 808. The van der Waals surface area contributed by atoms with Gasteiger partial charge in [0.05, 0.1) is 28.6 Å². The number of aromatic nitrogens is 1. The van der Waals surface area contributed by atoms with Crippen molar-refractivity contribution in [3.63, 3.8) is 0 Å². The van der Waals surface area contributed by atoms with E-state index in [1.54, 1.807) is 0 Å². The number of rotatable bonds is 3. The lowest BCUT2D eigenvalue weighted by Gasteiger charge is -2.24. The van der Waals surface area contributed by atoms with Crippen LogP contribution in [0.1, 0.15) is 24.3 Å². The van der Waals surface area contributed by atoms with E-state index in [2.05, 4.69) is 10.5 Å². The highest BCUT2D eigenvalue weighted by atomic mass is 32.2. The second-order valence-corrected chi connectivity index (χ2v) is 8.33. The molecular formula is C16H21N3O3S. The molecule has 1 aromatic heterocycles. The van der Waals surface area contributed by atoms with Crippen LogP contribution in [0.15, 0.2) is 22.7 Å². The molecule has 1 unspecified atom stereocenters. The van der Waals surface area contributed by atoms with E-state index < -0.39 is 9.84 Å². The zero-order valence-corrected chi connectivity index (χ0v) is 14.1. The summed E-state index contributed by atoms with van der Waals surface area (Å²) in [6.07, 6.45) is 1.53. The van der Waals surface area contributed by atoms with Gasteiger partial charge in [0.1, 0.15) is 5.76 Å². The lowest BCUT2D eigenvalue weighted by molar-refractivity contribution is 0.393. The lowest BCUT2D eigenvalue weighted by Crippen LogP contribution is -2.35. The fourth-order valence-corrected chi connectivity index (χ4v) is 4.74. The number of aryl methyl sites for hydroxylation is 2. The van der Waals surface area contributed by atoms with Gasteiger partial charge in [0.15, 0.2) is 9.84 Å². The zero-order chi connectivity index (χ0) is 16.6. The number of nitrogens with zero attached hydrogens (tertiary/aromatic N) is 1. The summed E-state index contributed by atoms with van der Waals surface area (Å²) in [5.41, 5.74) is 10.2. The minimum Gasteiger partial charge on any atom is -0.397 e. The van der Waals surface area contributed by atoms with E-state index in [-0.39, 0.29) is 17.5 Å². The van der Waals surface area contributed by atoms with Crippen LogP contribution in [0.2, 0.25) is 0 Å². The smallest absolute Gasteiger partial charge is 0.152 e. The molecule has 0 amide bonds. The molecule has 1 aliphatic rings. The summed E-state index contributed by atoms with van der Waals surface area (Å²) in [6, 6.07) is 5.62. The van der Waals surface area contributed by atoms with Crippen LogP contribution in [-0.4, -0.2) is 31.1 Å². The van der Waals surface area contributed by atoms with E-state index in [1.165, 1.54) is 0 Å². The number of nitrogen functional groups attached to an aromatic ring is 1. The van der Waals surface area contributed by atoms with Crippen molar-refractivity contribution < 1.29 is 12.9 Å². The zero-order valence-electron chi connectivity index (χ0n) is 13.3. The molecule has 124 valence electrons. The lowest BCUT2D eigenvalue weighted by atomic mass is 10.0. The highest BCUT2D eigenvalue weighted by Crippen LogP contribution is 2.32. The van der Waals surface area contributed by atoms with Gasteiger partial charge in [-0.05, 0) is 44.4 Å². The second-order valence-electron chi connectivity index (χ2n) is 6.10. The summed E-state index contributed by atoms with van der Waals surface area (Å²) in [5.74, 6) is 1.20. The van der Waals surface area contributed by atoms with E-state index in [0.29, 0.717) is 12.1 Å². The van der Waals surface area contributed by atoms with Crippen molar-refractivity contribution >= 4 is 21.2 Å². The summed E-state index contributed by atoms with van der Waals surface area (Å²) in [7, 11) is -2.94. The van der Waals surface area contributed by atoms with Crippen molar-refractivity contribution in [2.45, 2.75) is 32.7 Å². The molecule has 0 radical (unpaired) electrons. The topological polar surface area (TPSA) is 98.2 Å². The van der Waals surface area contributed by atoms with Crippen LogP contribution in [0.25, 0.3) is 11.1 Å². The Labute approximate surface area is 136 Å². The average Bonchev–Trinajstić information content (AvgIpc) is 2.79. The quantitative estimate of drug-likeness (QED) is 0.836. The van der Waals surface area contributed by atoms with Gasteiger partial charge in [0, 0.05) is 11.6 Å². The van der Waals surface area contributed by atoms with Gasteiger partial charge < -0.3 is 15.6 Å². The molecule has 6 nitrogen and oxygen atoms in total. The Morgan fingerprint density at radius 1 is 1.35 bits per heavy atom. The van der Waals surface area contributed by atoms with Gasteiger partial charge in [-0.2, -0.15) is 0 Å². The first kappa shape index (κ1) is 15.9. The highest BCUT2D eigenvalue weighted by Gasteiger charge is 2.25. The molecule has 3 N–H and O–H groups in total. The SMILES string of the molecule is Cc1noc(C)c1-c1ccc(NC2CCCS(=O)(=O)C2)c(N)c1. The van der Waals surface area contributed by atoms with Crippen molar-refractivity contribution in [1.29, 1.82) is 0 Å². The number of nitrogens with one attached hydrogen (secondary N) is 1. The number of benzene rings is 1. The molecule has 23 heavy (non-hydrogen) atoms. The molecule has 7 heteroatoms. The third-order valence-corrected chi connectivity index (χ3v) is 6.02. The van der Waals surface area contributed by atoms with Gasteiger partial charge in [-0.1, -0.05) is 11.2 Å². The van der Waals surface area contributed by atoms with Crippen molar-refractivity contribution in [2.75, 3.05) is 22.6 Å². The third-order valence-electron chi connectivity index (χ3n) is 4.20.